The Morgan fingerprint density at radius 1 is 1.17 bits per heavy atom. The third-order valence-electron chi connectivity index (χ3n) is 5.08. The van der Waals surface area contributed by atoms with Gasteiger partial charge in [-0.3, -0.25) is 9.20 Å². The Kier molecular flexibility index (Phi) is 7.07. The van der Waals surface area contributed by atoms with Crippen molar-refractivity contribution >= 4 is 28.4 Å². The van der Waals surface area contributed by atoms with Gasteiger partial charge in [0.1, 0.15) is 11.6 Å². The number of carbonyl (C=O) groups excluding carboxylic acids is 1. The fraction of sp³-hybridized carbons (Fsp3) is 0.545. The fourth-order valence-electron chi connectivity index (χ4n) is 3.25. The van der Waals surface area contributed by atoms with Crippen molar-refractivity contribution in [1.82, 2.24) is 24.9 Å². The average Bonchev–Trinajstić information content (AvgIpc) is 3.11. The highest BCUT2D eigenvalue weighted by Crippen LogP contribution is 2.25. The van der Waals surface area contributed by atoms with E-state index in [1.807, 2.05) is 57.2 Å². The van der Waals surface area contributed by atoms with Gasteiger partial charge in [0.05, 0.1) is 17.1 Å². The zero-order chi connectivity index (χ0) is 21.7. The number of hydrogen-bond donors (Lipinski definition) is 2. The molecule has 1 unspecified atom stereocenters. The monoisotopic (exact) mass is 412 g/mol. The van der Waals surface area contributed by atoms with Crippen LogP contribution in [0.3, 0.4) is 0 Å². The average molecular weight is 413 g/mol. The fourth-order valence-corrected chi connectivity index (χ4v) is 3.25. The van der Waals surface area contributed by atoms with E-state index >= 15 is 0 Å². The second-order valence-corrected chi connectivity index (χ2v) is 7.92. The summed E-state index contributed by atoms with van der Waals surface area (Å²) in [7, 11) is 0. The van der Waals surface area contributed by atoms with Crippen molar-refractivity contribution in [2.24, 2.45) is 5.92 Å². The summed E-state index contributed by atoms with van der Waals surface area (Å²) in [5, 5.41) is 14.9. The van der Waals surface area contributed by atoms with Crippen LogP contribution in [0.1, 0.15) is 52.8 Å². The Morgan fingerprint density at radius 2 is 1.93 bits per heavy atom. The summed E-state index contributed by atoms with van der Waals surface area (Å²) >= 11 is 0. The molecule has 0 radical (unpaired) electrons. The van der Waals surface area contributed by atoms with E-state index in [2.05, 4.69) is 20.8 Å². The van der Waals surface area contributed by atoms with E-state index in [-0.39, 0.29) is 17.9 Å². The number of aromatic nitrogens is 4. The predicted octanol–water partition coefficient (Wildman–Crippen LogP) is 3.73. The molecular formula is C22H32N6O2. The normalized spacial score (nSPS) is 12.5. The van der Waals surface area contributed by atoms with Gasteiger partial charge in [-0.1, -0.05) is 13.8 Å². The molecule has 2 aromatic heterocycles. The molecule has 0 aliphatic carbocycles. The molecule has 0 spiro atoms. The number of amides is 1. The minimum Gasteiger partial charge on any atom is -0.491 e. The van der Waals surface area contributed by atoms with E-state index in [4.69, 9.17) is 9.72 Å². The maximum Gasteiger partial charge on any atom is 0.222 e. The minimum atomic E-state index is 0.0685. The molecule has 3 aromatic rings. The van der Waals surface area contributed by atoms with E-state index in [1.54, 1.807) is 0 Å². The van der Waals surface area contributed by atoms with Gasteiger partial charge in [0.25, 0.3) is 0 Å². The van der Waals surface area contributed by atoms with Gasteiger partial charge in [-0.05, 0) is 52.2 Å². The van der Waals surface area contributed by atoms with Gasteiger partial charge in [-0.15, -0.1) is 10.2 Å². The zero-order valence-electron chi connectivity index (χ0n) is 18.5. The summed E-state index contributed by atoms with van der Waals surface area (Å²) < 4.78 is 7.83. The Bertz CT molecular complexity index is 1010. The van der Waals surface area contributed by atoms with Crippen LogP contribution in [0.5, 0.6) is 5.75 Å². The van der Waals surface area contributed by atoms with Crippen molar-refractivity contribution in [1.29, 1.82) is 0 Å². The first-order valence-electron chi connectivity index (χ1n) is 10.7. The Balaban J connectivity index is 1.69. The molecule has 0 aliphatic rings. The van der Waals surface area contributed by atoms with Crippen LogP contribution < -0.4 is 15.4 Å². The lowest BCUT2D eigenvalue weighted by molar-refractivity contribution is -0.124. The molecule has 1 amide bonds. The Labute approximate surface area is 177 Å². The van der Waals surface area contributed by atoms with Gasteiger partial charge in [-0.25, -0.2) is 4.98 Å². The highest BCUT2D eigenvalue weighted by atomic mass is 16.5. The van der Waals surface area contributed by atoms with Crippen LogP contribution in [-0.2, 0) is 4.79 Å². The van der Waals surface area contributed by atoms with Crippen molar-refractivity contribution in [3.05, 3.63) is 24.0 Å². The van der Waals surface area contributed by atoms with Crippen LogP contribution in [0.25, 0.3) is 16.7 Å². The zero-order valence-corrected chi connectivity index (χ0v) is 18.5. The number of hydrogen-bond acceptors (Lipinski definition) is 6. The van der Waals surface area contributed by atoms with E-state index in [9.17, 15) is 4.79 Å². The van der Waals surface area contributed by atoms with Crippen LogP contribution in [-0.4, -0.2) is 44.7 Å². The number of anilines is 1. The molecule has 0 bridgehead atoms. The molecule has 0 aliphatic heterocycles. The summed E-state index contributed by atoms with van der Waals surface area (Å²) in [5.74, 6) is 2.50. The number of rotatable bonds is 10. The second-order valence-electron chi connectivity index (χ2n) is 7.92. The summed E-state index contributed by atoms with van der Waals surface area (Å²) in [6.45, 7) is 11.3. The molecule has 1 atom stereocenters. The van der Waals surface area contributed by atoms with Crippen LogP contribution in [0, 0.1) is 12.8 Å². The summed E-state index contributed by atoms with van der Waals surface area (Å²) in [4.78, 5) is 16.6. The van der Waals surface area contributed by atoms with Crippen molar-refractivity contribution < 1.29 is 9.53 Å². The van der Waals surface area contributed by atoms with E-state index in [1.165, 1.54) is 0 Å². The molecule has 30 heavy (non-hydrogen) atoms. The van der Waals surface area contributed by atoms with Crippen molar-refractivity contribution in [3.8, 4) is 5.75 Å². The lowest BCUT2D eigenvalue weighted by Gasteiger charge is -2.13. The molecule has 1 aromatic carbocycles. The van der Waals surface area contributed by atoms with E-state index in [0.29, 0.717) is 18.0 Å². The number of benzene rings is 1. The largest absolute Gasteiger partial charge is 0.491 e. The third kappa shape index (κ3) is 4.98. The maximum atomic E-state index is 11.8. The standard InChI is InChI=1S/C22H32N6O2/c1-6-15(4)22(29)24-12-8-7-11-23-20-21-27-26-16(5)28(21)19-10-9-17(30-14(2)3)13-18(19)25-20/h9-10,13-15H,6-8,11-12H2,1-5H3,(H,23,25)(H,24,29). The first-order chi connectivity index (χ1) is 14.4. The van der Waals surface area contributed by atoms with Crippen molar-refractivity contribution in [2.45, 2.75) is 60.0 Å². The lowest BCUT2D eigenvalue weighted by atomic mass is 10.1. The van der Waals surface area contributed by atoms with Crippen LogP contribution in [0.2, 0.25) is 0 Å². The quantitative estimate of drug-likeness (QED) is 0.493. The number of unbranched alkanes of at least 4 members (excludes halogenated alkanes) is 1. The van der Waals surface area contributed by atoms with E-state index in [0.717, 1.165) is 48.4 Å². The smallest absolute Gasteiger partial charge is 0.222 e. The molecule has 2 N–H and O–H groups in total. The molecule has 8 nitrogen and oxygen atoms in total. The van der Waals surface area contributed by atoms with Gasteiger partial charge in [0.2, 0.25) is 11.6 Å². The molecule has 0 saturated heterocycles. The Hall–Kier alpha value is -2.90. The molecular weight excluding hydrogens is 380 g/mol. The maximum absolute atomic E-state index is 11.8. The van der Waals surface area contributed by atoms with Crippen LogP contribution in [0.15, 0.2) is 18.2 Å². The molecule has 3 rings (SSSR count). The number of nitrogens with zero attached hydrogens (tertiary/aromatic N) is 4. The molecule has 162 valence electrons. The number of ether oxygens (including phenoxy) is 1. The van der Waals surface area contributed by atoms with Crippen molar-refractivity contribution in [2.75, 3.05) is 18.4 Å². The van der Waals surface area contributed by atoms with Gasteiger partial charge >= 0.3 is 0 Å². The SMILES string of the molecule is CCC(C)C(=O)NCCCCNc1nc2cc(OC(C)C)ccc2n2c(C)nnc12. The highest BCUT2D eigenvalue weighted by Gasteiger charge is 2.14. The highest BCUT2D eigenvalue weighted by molar-refractivity contribution is 5.84. The molecule has 0 saturated carbocycles. The summed E-state index contributed by atoms with van der Waals surface area (Å²) in [5.41, 5.74) is 2.48. The topological polar surface area (TPSA) is 93.4 Å². The summed E-state index contributed by atoms with van der Waals surface area (Å²) in [6.07, 6.45) is 2.77. The third-order valence-corrected chi connectivity index (χ3v) is 5.08. The van der Waals surface area contributed by atoms with Crippen molar-refractivity contribution in [3.63, 3.8) is 0 Å². The van der Waals surface area contributed by atoms with Gasteiger partial charge in [0.15, 0.2) is 5.82 Å². The first-order valence-corrected chi connectivity index (χ1v) is 10.7. The van der Waals surface area contributed by atoms with Gasteiger partial charge < -0.3 is 15.4 Å². The first kappa shape index (κ1) is 21.8. The second kappa shape index (κ2) is 9.73. The predicted molar refractivity (Wildman–Crippen MR) is 119 cm³/mol. The number of fused-ring (bicyclic) bond motifs is 3. The summed E-state index contributed by atoms with van der Waals surface area (Å²) in [6, 6.07) is 5.89. The molecule has 0 fully saturated rings. The number of carbonyl (C=O) groups is 1. The number of aryl methyl sites for hydroxylation is 1. The lowest BCUT2D eigenvalue weighted by Crippen LogP contribution is -2.29. The van der Waals surface area contributed by atoms with Crippen LogP contribution >= 0.6 is 0 Å². The minimum absolute atomic E-state index is 0.0685. The van der Waals surface area contributed by atoms with Gasteiger partial charge in [0, 0.05) is 25.1 Å². The Morgan fingerprint density at radius 3 is 2.67 bits per heavy atom. The molecule has 2 heterocycles. The van der Waals surface area contributed by atoms with E-state index < -0.39 is 0 Å². The molecule has 8 heteroatoms. The van der Waals surface area contributed by atoms with Gasteiger partial charge in [-0.2, -0.15) is 0 Å². The number of nitrogens with one attached hydrogen (secondary N) is 2. The van der Waals surface area contributed by atoms with Crippen LogP contribution in [0.4, 0.5) is 5.82 Å².